The number of carbonyl (C=O) groups is 3. The first kappa shape index (κ1) is 16.6. The van der Waals surface area contributed by atoms with Crippen molar-refractivity contribution in [2.75, 3.05) is 11.6 Å². The number of rotatable bonds is 7. The Morgan fingerprint density at radius 2 is 2.25 bits per heavy atom. The highest BCUT2D eigenvalue weighted by Crippen LogP contribution is 2.22. The monoisotopic (exact) mass is 300 g/mol. The minimum absolute atomic E-state index is 0.0897. The molecule has 7 heteroatoms. The summed E-state index contributed by atoms with van der Waals surface area (Å²) >= 11 is 1.50. The summed E-state index contributed by atoms with van der Waals surface area (Å²) in [5.74, 6) is -0.568. The summed E-state index contributed by atoms with van der Waals surface area (Å²) in [5.41, 5.74) is 0. The van der Waals surface area contributed by atoms with E-state index in [9.17, 15) is 14.4 Å². The van der Waals surface area contributed by atoms with Gasteiger partial charge in [-0.3, -0.25) is 9.59 Å². The predicted octanol–water partition coefficient (Wildman–Crippen LogP) is 0.833. The average Bonchev–Trinajstić information content (AvgIpc) is 2.91. The normalized spacial score (nSPS) is 19.4. The molecule has 20 heavy (non-hydrogen) atoms. The van der Waals surface area contributed by atoms with Crippen LogP contribution in [-0.2, 0) is 14.4 Å². The third kappa shape index (κ3) is 4.26. The van der Waals surface area contributed by atoms with Crippen molar-refractivity contribution in [3.05, 3.63) is 12.7 Å². The summed E-state index contributed by atoms with van der Waals surface area (Å²) in [6, 6.07) is -1.51. The van der Waals surface area contributed by atoms with Gasteiger partial charge < -0.3 is 15.3 Å². The van der Waals surface area contributed by atoms with Gasteiger partial charge in [0.25, 0.3) is 0 Å². The fraction of sp³-hybridized carbons (Fsp3) is 0.615. The molecule has 1 aliphatic heterocycles. The Kier molecular flexibility index (Phi) is 6.57. The van der Waals surface area contributed by atoms with E-state index >= 15 is 0 Å². The van der Waals surface area contributed by atoms with Crippen molar-refractivity contribution < 1.29 is 19.5 Å². The zero-order valence-electron chi connectivity index (χ0n) is 11.5. The molecule has 2 unspecified atom stereocenters. The van der Waals surface area contributed by atoms with E-state index in [0.717, 1.165) is 0 Å². The lowest BCUT2D eigenvalue weighted by Crippen LogP contribution is -2.51. The lowest BCUT2D eigenvalue weighted by molar-refractivity contribution is -0.143. The number of nitrogens with one attached hydrogen (secondary N) is 1. The van der Waals surface area contributed by atoms with Crippen LogP contribution < -0.4 is 5.32 Å². The molecule has 0 radical (unpaired) electrons. The van der Waals surface area contributed by atoms with Crippen LogP contribution in [0.15, 0.2) is 12.7 Å². The Hall–Kier alpha value is -1.50. The molecule has 0 aromatic carbocycles. The van der Waals surface area contributed by atoms with Crippen molar-refractivity contribution >= 4 is 29.5 Å². The zero-order valence-corrected chi connectivity index (χ0v) is 12.3. The maximum absolute atomic E-state index is 12.1. The number of carboxylic acids is 1. The lowest BCUT2D eigenvalue weighted by Gasteiger charge is -2.24. The minimum Gasteiger partial charge on any atom is -0.480 e. The molecule has 2 amide bonds. The molecule has 0 saturated carbocycles. The molecule has 0 bridgehead atoms. The minimum atomic E-state index is -1.07. The Balaban J connectivity index is 2.65. The number of thioether (sulfide) groups is 1. The van der Waals surface area contributed by atoms with Crippen molar-refractivity contribution in [2.24, 2.45) is 0 Å². The SMILES string of the molecule is C=CCCC(NC(=O)C1CSCN1C(=O)CC)C(=O)O. The molecule has 112 valence electrons. The second kappa shape index (κ2) is 7.94. The summed E-state index contributed by atoms with van der Waals surface area (Å²) in [6.45, 7) is 5.27. The van der Waals surface area contributed by atoms with E-state index in [1.165, 1.54) is 16.7 Å². The number of carboxylic acid groups (broad SMARTS) is 1. The van der Waals surface area contributed by atoms with E-state index in [2.05, 4.69) is 11.9 Å². The number of hydrogen-bond donors (Lipinski definition) is 2. The largest absolute Gasteiger partial charge is 0.480 e. The third-order valence-electron chi connectivity index (χ3n) is 3.08. The van der Waals surface area contributed by atoms with Gasteiger partial charge in [0.1, 0.15) is 12.1 Å². The molecule has 0 aromatic rings. The first-order valence-corrected chi connectivity index (χ1v) is 7.68. The van der Waals surface area contributed by atoms with Crippen LogP contribution >= 0.6 is 11.8 Å². The highest BCUT2D eigenvalue weighted by Gasteiger charge is 2.35. The van der Waals surface area contributed by atoms with Gasteiger partial charge in [-0.25, -0.2) is 4.79 Å². The van der Waals surface area contributed by atoms with Crippen molar-refractivity contribution in [1.29, 1.82) is 0 Å². The van der Waals surface area contributed by atoms with Crippen molar-refractivity contribution in [2.45, 2.75) is 38.3 Å². The van der Waals surface area contributed by atoms with Gasteiger partial charge in [0.15, 0.2) is 0 Å². The number of nitrogens with zero attached hydrogens (tertiary/aromatic N) is 1. The van der Waals surface area contributed by atoms with Gasteiger partial charge in [0, 0.05) is 12.2 Å². The maximum Gasteiger partial charge on any atom is 0.326 e. The van der Waals surface area contributed by atoms with Crippen molar-refractivity contribution in [1.82, 2.24) is 10.2 Å². The van der Waals surface area contributed by atoms with Crippen molar-refractivity contribution in [3.63, 3.8) is 0 Å². The van der Waals surface area contributed by atoms with E-state index < -0.39 is 24.0 Å². The lowest BCUT2D eigenvalue weighted by atomic mass is 10.1. The number of aliphatic carboxylic acids is 1. The van der Waals surface area contributed by atoms with Crippen LogP contribution in [0.4, 0.5) is 0 Å². The maximum atomic E-state index is 12.1. The Morgan fingerprint density at radius 3 is 2.80 bits per heavy atom. The standard InChI is InChI=1S/C13H20N2O4S/c1-3-5-6-9(13(18)19)14-12(17)10-7-20-8-15(10)11(16)4-2/h3,9-10H,1,4-8H2,2H3,(H,14,17)(H,18,19). The number of amides is 2. The highest BCUT2D eigenvalue weighted by atomic mass is 32.2. The molecule has 0 aromatic heterocycles. The van der Waals surface area contributed by atoms with Crippen LogP contribution in [0.25, 0.3) is 0 Å². The van der Waals surface area contributed by atoms with Gasteiger partial charge in [0.05, 0.1) is 5.88 Å². The van der Waals surface area contributed by atoms with Crippen LogP contribution in [0.1, 0.15) is 26.2 Å². The van der Waals surface area contributed by atoms with E-state index in [0.29, 0.717) is 30.9 Å². The van der Waals surface area contributed by atoms with Gasteiger partial charge >= 0.3 is 5.97 Å². The molecule has 1 rings (SSSR count). The third-order valence-corrected chi connectivity index (χ3v) is 4.09. The second-order valence-corrected chi connectivity index (χ2v) is 5.50. The highest BCUT2D eigenvalue weighted by molar-refractivity contribution is 7.99. The molecule has 0 spiro atoms. The molecule has 2 atom stereocenters. The summed E-state index contributed by atoms with van der Waals surface area (Å²) in [6.07, 6.45) is 2.75. The number of allylic oxidation sites excluding steroid dienone is 1. The van der Waals surface area contributed by atoms with Gasteiger partial charge in [-0.2, -0.15) is 0 Å². The zero-order chi connectivity index (χ0) is 15.1. The summed E-state index contributed by atoms with van der Waals surface area (Å²) in [4.78, 5) is 36.5. The van der Waals surface area contributed by atoms with Gasteiger partial charge in [0.2, 0.25) is 11.8 Å². The molecular formula is C13H20N2O4S. The predicted molar refractivity (Wildman–Crippen MR) is 77.2 cm³/mol. The van der Waals surface area contributed by atoms with Crippen LogP contribution in [0.3, 0.4) is 0 Å². The van der Waals surface area contributed by atoms with Crippen molar-refractivity contribution in [3.8, 4) is 0 Å². The summed E-state index contributed by atoms with van der Waals surface area (Å²) in [7, 11) is 0. The number of hydrogen-bond acceptors (Lipinski definition) is 4. The molecule has 0 aliphatic carbocycles. The molecule has 1 fully saturated rings. The first-order valence-electron chi connectivity index (χ1n) is 6.52. The van der Waals surface area contributed by atoms with E-state index in [-0.39, 0.29) is 5.91 Å². The molecule has 1 saturated heterocycles. The average molecular weight is 300 g/mol. The van der Waals surface area contributed by atoms with Gasteiger partial charge in [-0.05, 0) is 12.8 Å². The number of carbonyl (C=O) groups excluding carboxylic acids is 2. The van der Waals surface area contributed by atoms with Crippen LogP contribution in [0, 0.1) is 0 Å². The second-order valence-electron chi connectivity index (χ2n) is 4.50. The molecule has 2 N–H and O–H groups in total. The van der Waals surface area contributed by atoms with Crippen LogP contribution in [-0.4, -0.2) is 51.5 Å². The summed E-state index contributed by atoms with van der Waals surface area (Å²) in [5, 5.41) is 11.6. The molecule has 1 aliphatic rings. The Morgan fingerprint density at radius 1 is 1.55 bits per heavy atom. The van der Waals surface area contributed by atoms with E-state index in [4.69, 9.17) is 5.11 Å². The Bertz CT molecular complexity index is 400. The quantitative estimate of drug-likeness (QED) is 0.680. The fourth-order valence-corrected chi connectivity index (χ4v) is 3.10. The first-order chi connectivity index (χ1) is 9.51. The molecular weight excluding hydrogens is 280 g/mol. The fourth-order valence-electron chi connectivity index (χ4n) is 1.92. The smallest absolute Gasteiger partial charge is 0.326 e. The Labute approximate surface area is 122 Å². The van der Waals surface area contributed by atoms with E-state index in [1.807, 2.05) is 0 Å². The molecule has 1 heterocycles. The van der Waals surface area contributed by atoms with Gasteiger partial charge in [-0.15, -0.1) is 18.3 Å². The molecule has 6 nitrogen and oxygen atoms in total. The van der Waals surface area contributed by atoms with Gasteiger partial charge in [-0.1, -0.05) is 13.0 Å². The topological polar surface area (TPSA) is 86.7 Å². The van der Waals surface area contributed by atoms with Crippen LogP contribution in [0.2, 0.25) is 0 Å². The van der Waals surface area contributed by atoms with E-state index in [1.54, 1.807) is 13.0 Å². The summed E-state index contributed by atoms with van der Waals surface area (Å²) < 4.78 is 0. The van der Waals surface area contributed by atoms with Crippen LogP contribution in [0.5, 0.6) is 0 Å².